The number of carbonyl (C=O) groups is 1. The monoisotopic (exact) mass is 409 g/mol. The molecule has 1 amide bonds. The Hall–Kier alpha value is -1.13. The third-order valence-electron chi connectivity index (χ3n) is 3.18. The topological polar surface area (TPSA) is 29.1 Å². The van der Waals surface area contributed by atoms with Crippen molar-refractivity contribution in [1.82, 2.24) is 5.32 Å². The number of alkyl halides is 2. The van der Waals surface area contributed by atoms with Crippen molar-refractivity contribution in [2.24, 2.45) is 0 Å². The van der Waals surface area contributed by atoms with Gasteiger partial charge in [0.15, 0.2) is 0 Å². The van der Waals surface area contributed by atoms with E-state index in [0.717, 1.165) is 12.0 Å². The van der Waals surface area contributed by atoms with Crippen molar-refractivity contribution in [1.29, 1.82) is 0 Å². The van der Waals surface area contributed by atoms with Crippen LogP contribution in [0.15, 0.2) is 60.7 Å². The second-order valence-electron chi connectivity index (χ2n) is 4.74. The summed E-state index contributed by atoms with van der Waals surface area (Å²) in [4.78, 5) is 11.8. The predicted octanol–water partition coefficient (Wildman–Crippen LogP) is 4.25. The second-order valence-corrected chi connectivity index (χ2v) is 6.71. The standard InChI is InChI=1S/C17H17Br2NO/c18-15(14-9-5-2-6-10-14)16(19)17(21)20-12-11-13-7-3-1-4-8-13/h1-10,15-16H,11-12H2,(H,20,21)/t15-,16-/m1/s1. The minimum Gasteiger partial charge on any atom is -0.355 e. The summed E-state index contributed by atoms with van der Waals surface area (Å²) in [6.07, 6.45) is 0.838. The van der Waals surface area contributed by atoms with Crippen LogP contribution in [0.1, 0.15) is 16.0 Å². The maximum absolute atomic E-state index is 12.2. The molecule has 0 aromatic heterocycles. The molecule has 2 aromatic carbocycles. The lowest BCUT2D eigenvalue weighted by molar-refractivity contribution is -0.120. The van der Waals surface area contributed by atoms with Crippen molar-refractivity contribution in [2.75, 3.05) is 6.54 Å². The van der Waals surface area contributed by atoms with E-state index in [1.54, 1.807) is 0 Å². The highest BCUT2D eigenvalue weighted by Crippen LogP contribution is 2.31. The van der Waals surface area contributed by atoms with Crippen LogP contribution < -0.4 is 5.32 Å². The Morgan fingerprint density at radius 2 is 1.52 bits per heavy atom. The average molecular weight is 411 g/mol. The summed E-state index contributed by atoms with van der Waals surface area (Å²) in [6, 6.07) is 20.0. The van der Waals surface area contributed by atoms with Gasteiger partial charge in [-0.15, -0.1) is 0 Å². The molecule has 0 heterocycles. The summed E-state index contributed by atoms with van der Waals surface area (Å²) in [5.41, 5.74) is 2.31. The molecule has 110 valence electrons. The predicted molar refractivity (Wildman–Crippen MR) is 94.0 cm³/mol. The minimum absolute atomic E-state index is 0.00309. The first-order chi connectivity index (χ1) is 10.2. The van der Waals surface area contributed by atoms with Crippen molar-refractivity contribution in [3.63, 3.8) is 0 Å². The quantitative estimate of drug-likeness (QED) is 0.708. The molecule has 4 heteroatoms. The molecule has 1 N–H and O–H groups in total. The smallest absolute Gasteiger partial charge is 0.235 e. The van der Waals surface area contributed by atoms with Crippen molar-refractivity contribution >= 4 is 37.8 Å². The molecule has 0 aliphatic heterocycles. The molecule has 2 aromatic rings. The molecule has 2 atom stereocenters. The molecule has 2 rings (SSSR count). The van der Waals surface area contributed by atoms with Gasteiger partial charge in [-0.3, -0.25) is 4.79 Å². The first kappa shape index (κ1) is 16.2. The molecule has 0 fully saturated rings. The fourth-order valence-corrected chi connectivity index (χ4v) is 3.02. The van der Waals surface area contributed by atoms with Gasteiger partial charge in [-0.25, -0.2) is 0 Å². The summed E-state index contributed by atoms with van der Waals surface area (Å²) in [5.74, 6) is -0.00309. The first-order valence-corrected chi connectivity index (χ1v) is 8.66. The highest BCUT2D eigenvalue weighted by atomic mass is 79.9. The summed E-state index contributed by atoms with van der Waals surface area (Å²) in [5, 5.41) is 2.97. The van der Waals surface area contributed by atoms with Crippen LogP contribution >= 0.6 is 31.9 Å². The fourth-order valence-electron chi connectivity index (χ4n) is 2.01. The molecule has 0 unspecified atom stereocenters. The molecule has 0 saturated heterocycles. The molecule has 2 nitrogen and oxygen atoms in total. The van der Waals surface area contributed by atoms with E-state index in [1.165, 1.54) is 5.56 Å². The summed E-state index contributed by atoms with van der Waals surface area (Å²) < 4.78 is 0. The third-order valence-corrected chi connectivity index (χ3v) is 5.89. The first-order valence-electron chi connectivity index (χ1n) is 6.83. The van der Waals surface area contributed by atoms with Crippen LogP contribution in [0, 0.1) is 0 Å². The minimum atomic E-state index is -0.296. The molecular weight excluding hydrogens is 394 g/mol. The van der Waals surface area contributed by atoms with Gasteiger partial charge < -0.3 is 5.32 Å². The van der Waals surface area contributed by atoms with E-state index in [0.29, 0.717) is 6.54 Å². The Bertz CT molecular complexity index is 560. The van der Waals surface area contributed by atoms with E-state index in [1.807, 2.05) is 48.5 Å². The molecule has 0 bridgehead atoms. The third kappa shape index (κ3) is 4.97. The van der Waals surface area contributed by atoms with Crippen molar-refractivity contribution in [3.05, 3.63) is 71.8 Å². The number of hydrogen-bond donors (Lipinski definition) is 1. The van der Waals surface area contributed by atoms with Crippen LogP contribution in [-0.2, 0) is 11.2 Å². The van der Waals surface area contributed by atoms with E-state index in [9.17, 15) is 4.79 Å². The number of amides is 1. The van der Waals surface area contributed by atoms with E-state index in [4.69, 9.17) is 0 Å². The lowest BCUT2D eigenvalue weighted by Crippen LogP contribution is -2.34. The van der Waals surface area contributed by atoms with Crippen LogP contribution in [-0.4, -0.2) is 17.3 Å². The van der Waals surface area contributed by atoms with Crippen molar-refractivity contribution < 1.29 is 4.79 Å². The Morgan fingerprint density at radius 1 is 0.952 bits per heavy atom. The number of halogens is 2. The van der Waals surface area contributed by atoms with Gasteiger partial charge in [0.25, 0.3) is 0 Å². The van der Waals surface area contributed by atoms with Crippen LogP contribution in [0.25, 0.3) is 0 Å². The Labute approximate surface area is 142 Å². The van der Waals surface area contributed by atoms with Gasteiger partial charge in [0.05, 0.1) is 4.83 Å². The van der Waals surface area contributed by atoms with Crippen molar-refractivity contribution in [2.45, 2.75) is 16.1 Å². The van der Waals surface area contributed by atoms with Crippen LogP contribution in [0.4, 0.5) is 0 Å². The molecule has 0 radical (unpaired) electrons. The molecule has 0 aliphatic carbocycles. The number of carbonyl (C=O) groups excluding carboxylic acids is 1. The maximum atomic E-state index is 12.2. The second kappa shape index (κ2) is 8.35. The van der Waals surface area contributed by atoms with Gasteiger partial charge in [0.2, 0.25) is 5.91 Å². The van der Waals surface area contributed by atoms with Crippen LogP contribution in [0.5, 0.6) is 0 Å². The van der Waals surface area contributed by atoms with E-state index in [-0.39, 0.29) is 15.6 Å². The zero-order chi connectivity index (χ0) is 15.1. The normalized spacial score (nSPS) is 13.4. The van der Waals surface area contributed by atoms with E-state index >= 15 is 0 Å². The fraction of sp³-hybridized carbons (Fsp3) is 0.235. The number of rotatable bonds is 6. The number of nitrogens with one attached hydrogen (secondary N) is 1. The lowest BCUT2D eigenvalue weighted by atomic mass is 10.1. The van der Waals surface area contributed by atoms with Crippen molar-refractivity contribution in [3.8, 4) is 0 Å². The Morgan fingerprint density at radius 3 is 2.14 bits per heavy atom. The highest BCUT2D eigenvalue weighted by Gasteiger charge is 2.24. The van der Waals surface area contributed by atoms with Gasteiger partial charge >= 0.3 is 0 Å². The Balaban J connectivity index is 1.82. The molecule has 0 saturated carbocycles. The largest absolute Gasteiger partial charge is 0.355 e. The zero-order valence-corrected chi connectivity index (χ0v) is 14.7. The van der Waals surface area contributed by atoms with Gasteiger partial charge in [-0.1, -0.05) is 92.5 Å². The van der Waals surface area contributed by atoms with Gasteiger partial charge in [0, 0.05) is 6.54 Å². The molecule has 21 heavy (non-hydrogen) atoms. The number of benzene rings is 2. The van der Waals surface area contributed by atoms with Crippen LogP contribution in [0.2, 0.25) is 0 Å². The summed E-state index contributed by atoms with van der Waals surface area (Å²) in [7, 11) is 0. The molecular formula is C17H17Br2NO. The van der Waals surface area contributed by atoms with Gasteiger partial charge in [0.1, 0.15) is 4.83 Å². The van der Waals surface area contributed by atoms with Gasteiger partial charge in [-0.2, -0.15) is 0 Å². The zero-order valence-electron chi connectivity index (χ0n) is 11.5. The van der Waals surface area contributed by atoms with Gasteiger partial charge in [-0.05, 0) is 17.5 Å². The molecule has 0 aliphatic rings. The number of hydrogen-bond acceptors (Lipinski definition) is 1. The maximum Gasteiger partial charge on any atom is 0.235 e. The highest BCUT2D eigenvalue weighted by molar-refractivity contribution is 9.12. The van der Waals surface area contributed by atoms with E-state index in [2.05, 4.69) is 49.3 Å². The summed E-state index contributed by atoms with van der Waals surface area (Å²) >= 11 is 7.05. The average Bonchev–Trinajstić information content (AvgIpc) is 2.55. The van der Waals surface area contributed by atoms with E-state index < -0.39 is 0 Å². The molecule has 0 spiro atoms. The SMILES string of the molecule is O=C(NCCc1ccccc1)[C@H](Br)[C@H](Br)c1ccccc1. The van der Waals surface area contributed by atoms with Crippen LogP contribution in [0.3, 0.4) is 0 Å². The lowest BCUT2D eigenvalue weighted by Gasteiger charge is -2.17. The summed E-state index contributed by atoms with van der Waals surface area (Å²) in [6.45, 7) is 0.638. The Kier molecular flexibility index (Phi) is 6.46.